The third-order valence-electron chi connectivity index (χ3n) is 5.29. The molecule has 0 spiro atoms. The summed E-state index contributed by atoms with van der Waals surface area (Å²) in [6, 6.07) is 20.3. The van der Waals surface area contributed by atoms with Crippen LogP contribution in [-0.2, 0) is 0 Å². The first-order valence-electron chi connectivity index (χ1n) is 9.98. The highest BCUT2D eigenvalue weighted by Gasteiger charge is 2.15. The molecule has 6 nitrogen and oxygen atoms in total. The molecule has 0 saturated heterocycles. The summed E-state index contributed by atoms with van der Waals surface area (Å²) in [6.45, 7) is 0. The summed E-state index contributed by atoms with van der Waals surface area (Å²) in [5.74, 6) is 0.321. The minimum Gasteiger partial charge on any atom is -0.504 e. The summed E-state index contributed by atoms with van der Waals surface area (Å²) in [7, 11) is 1.46. The number of ether oxygens (including phenoxy) is 1. The lowest BCUT2D eigenvalue weighted by atomic mass is 10.0. The van der Waals surface area contributed by atoms with Gasteiger partial charge < -0.3 is 14.3 Å². The first-order valence-corrected chi connectivity index (χ1v) is 10.9. The van der Waals surface area contributed by atoms with Crippen molar-refractivity contribution in [1.29, 1.82) is 5.26 Å². The van der Waals surface area contributed by atoms with Crippen LogP contribution in [0.4, 0.5) is 0 Å². The molecule has 0 fully saturated rings. The highest BCUT2D eigenvalue weighted by molar-refractivity contribution is 7.11. The van der Waals surface area contributed by atoms with Gasteiger partial charge in [0.1, 0.15) is 16.7 Å². The smallest absolute Gasteiger partial charge is 0.345 e. The molecule has 0 atom stereocenters. The molecule has 0 aliphatic rings. The van der Waals surface area contributed by atoms with E-state index in [1.54, 1.807) is 35.7 Å². The fourth-order valence-electron chi connectivity index (χ4n) is 3.66. The molecule has 33 heavy (non-hydrogen) atoms. The summed E-state index contributed by atoms with van der Waals surface area (Å²) in [4.78, 5) is 17.2. The topological polar surface area (TPSA) is 96.4 Å². The molecule has 7 heteroatoms. The van der Waals surface area contributed by atoms with E-state index < -0.39 is 5.63 Å². The molecular weight excluding hydrogens is 436 g/mol. The predicted octanol–water partition coefficient (Wildman–Crippen LogP) is 5.85. The van der Waals surface area contributed by atoms with Crippen LogP contribution in [-0.4, -0.2) is 17.2 Å². The number of aromatic nitrogens is 1. The first kappa shape index (κ1) is 20.5. The number of hydrogen-bond acceptors (Lipinski definition) is 7. The Balaban J connectivity index is 1.59. The van der Waals surface area contributed by atoms with Gasteiger partial charge in [-0.2, -0.15) is 5.26 Å². The van der Waals surface area contributed by atoms with Crippen molar-refractivity contribution in [2.45, 2.75) is 0 Å². The molecule has 160 valence electrons. The summed E-state index contributed by atoms with van der Waals surface area (Å²) < 4.78 is 10.7. The molecular formula is C26H16N2O4S. The van der Waals surface area contributed by atoms with E-state index in [0.717, 1.165) is 16.2 Å². The maximum atomic E-state index is 12.7. The molecule has 2 heterocycles. The molecule has 5 aromatic rings. The summed E-state index contributed by atoms with van der Waals surface area (Å²) in [5, 5.41) is 24.5. The van der Waals surface area contributed by atoms with Crippen LogP contribution in [0.5, 0.6) is 11.5 Å². The largest absolute Gasteiger partial charge is 0.504 e. The Bertz CT molecular complexity index is 1660. The average molecular weight is 452 g/mol. The van der Waals surface area contributed by atoms with Crippen molar-refractivity contribution in [2.24, 2.45) is 0 Å². The van der Waals surface area contributed by atoms with Crippen molar-refractivity contribution in [3.05, 3.63) is 87.0 Å². The number of rotatable bonds is 4. The van der Waals surface area contributed by atoms with E-state index in [2.05, 4.69) is 11.1 Å². The zero-order valence-corrected chi connectivity index (χ0v) is 18.2. The van der Waals surface area contributed by atoms with Crippen LogP contribution < -0.4 is 10.4 Å². The quantitative estimate of drug-likeness (QED) is 0.209. The van der Waals surface area contributed by atoms with Crippen molar-refractivity contribution in [3.63, 3.8) is 0 Å². The monoisotopic (exact) mass is 452 g/mol. The number of nitriles is 1. The third kappa shape index (κ3) is 3.73. The Hall–Kier alpha value is -4.41. The normalized spacial score (nSPS) is 11.6. The molecule has 2 aromatic heterocycles. The number of aromatic hydroxyl groups is 1. The molecule has 5 rings (SSSR count). The molecule has 0 amide bonds. The van der Waals surface area contributed by atoms with Gasteiger partial charge in [0.25, 0.3) is 0 Å². The number of phenols is 1. The Labute approximate surface area is 192 Å². The van der Waals surface area contributed by atoms with Gasteiger partial charge in [-0.1, -0.05) is 36.4 Å². The van der Waals surface area contributed by atoms with Gasteiger partial charge in [0.05, 0.1) is 23.9 Å². The maximum Gasteiger partial charge on any atom is 0.345 e. The zero-order valence-electron chi connectivity index (χ0n) is 17.4. The van der Waals surface area contributed by atoms with Crippen LogP contribution >= 0.6 is 11.3 Å². The Morgan fingerprint density at radius 2 is 2.00 bits per heavy atom. The molecule has 0 unspecified atom stereocenters. The number of phenolic OH excluding ortho intramolecular Hbond substituents is 1. The standard InChI is InChI=1S/C26H16N2O4S/c1-31-24-11-15(6-8-22(24)29)10-17(13-27)25-28-21(14-33-25)20-12-19-18-5-3-2-4-16(18)7-9-23(19)32-26(20)30/h2-12,14,29H,1H3/b17-10+. The zero-order chi connectivity index (χ0) is 22.9. The van der Waals surface area contributed by atoms with E-state index in [9.17, 15) is 15.2 Å². The van der Waals surface area contributed by atoms with Gasteiger partial charge in [0, 0.05) is 10.8 Å². The van der Waals surface area contributed by atoms with Gasteiger partial charge in [-0.3, -0.25) is 0 Å². The number of thiazole rings is 1. The summed E-state index contributed by atoms with van der Waals surface area (Å²) in [6.07, 6.45) is 1.65. The van der Waals surface area contributed by atoms with E-state index in [0.29, 0.717) is 38.7 Å². The van der Waals surface area contributed by atoms with Gasteiger partial charge in [0.2, 0.25) is 0 Å². The third-order valence-corrected chi connectivity index (χ3v) is 6.16. The van der Waals surface area contributed by atoms with Crippen molar-refractivity contribution in [3.8, 4) is 28.8 Å². The van der Waals surface area contributed by atoms with Crippen LogP contribution in [0.2, 0.25) is 0 Å². The lowest BCUT2D eigenvalue weighted by molar-refractivity contribution is 0.373. The van der Waals surface area contributed by atoms with Crippen LogP contribution in [0, 0.1) is 11.3 Å². The van der Waals surface area contributed by atoms with Crippen molar-refractivity contribution >= 4 is 44.7 Å². The summed E-state index contributed by atoms with van der Waals surface area (Å²) >= 11 is 1.26. The lowest BCUT2D eigenvalue weighted by Gasteiger charge is -2.04. The second kappa shape index (κ2) is 8.26. The van der Waals surface area contributed by atoms with Gasteiger partial charge >= 0.3 is 5.63 Å². The molecule has 0 radical (unpaired) electrons. The van der Waals surface area contributed by atoms with Gasteiger partial charge in [-0.25, -0.2) is 9.78 Å². The molecule has 0 aliphatic heterocycles. The number of nitrogens with zero attached hydrogens (tertiary/aromatic N) is 2. The van der Waals surface area contributed by atoms with Crippen LogP contribution in [0.3, 0.4) is 0 Å². The van der Waals surface area contributed by atoms with E-state index in [1.165, 1.54) is 24.5 Å². The number of hydrogen-bond donors (Lipinski definition) is 1. The van der Waals surface area contributed by atoms with Gasteiger partial charge in [-0.05, 0) is 46.7 Å². The maximum absolute atomic E-state index is 12.7. The van der Waals surface area contributed by atoms with Crippen molar-refractivity contribution < 1.29 is 14.3 Å². The second-order valence-electron chi connectivity index (χ2n) is 7.29. The lowest BCUT2D eigenvalue weighted by Crippen LogP contribution is -2.03. The van der Waals surface area contributed by atoms with Crippen LogP contribution in [0.15, 0.2) is 75.3 Å². The van der Waals surface area contributed by atoms with E-state index in [-0.39, 0.29) is 5.75 Å². The number of benzene rings is 3. The van der Waals surface area contributed by atoms with Gasteiger partial charge in [-0.15, -0.1) is 11.3 Å². The highest BCUT2D eigenvalue weighted by atomic mass is 32.1. The predicted molar refractivity (Wildman–Crippen MR) is 129 cm³/mol. The molecule has 0 aliphatic carbocycles. The van der Waals surface area contributed by atoms with Crippen LogP contribution in [0.1, 0.15) is 10.6 Å². The second-order valence-corrected chi connectivity index (χ2v) is 8.14. The van der Waals surface area contributed by atoms with Crippen molar-refractivity contribution in [2.75, 3.05) is 7.11 Å². The Morgan fingerprint density at radius 1 is 1.15 bits per heavy atom. The molecule has 1 N–H and O–H groups in total. The molecule has 3 aromatic carbocycles. The van der Waals surface area contributed by atoms with E-state index in [1.807, 2.05) is 30.3 Å². The fraction of sp³-hybridized carbons (Fsp3) is 0.0385. The Morgan fingerprint density at radius 3 is 2.82 bits per heavy atom. The summed E-state index contributed by atoms with van der Waals surface area (Å²) in [5.41, 5.74) is 1.81. The first-order chi connectivity index (χ1) is 16.1. The minimum absolute atomic E-state index is 0.0141. The fourth-order valence-corrected chi connectivity index (χ4v) is 4.45. The van der Waals surface area contributed by atoms with E-state index >= 15 is 0 Å². The molecule has 0 saturated carbocycles. The number of methoxy groups -OCH3 is 1. The van der Waals surface area contributed by atoms with E-state index in [4.69, 9.17) is 9.15 Å². The number of fused-ring (bicyclic) bond motifs is 3. The molecule has 0 bridgehead atoms. The Kier molecular flexibility index (Phi) is 5.13. The average Bonchev–Trinajstić information content (AvgIpc) is 3.32. The minimum atomic E-state index is -0.486. The van der Waals surface area contributed by atoms with Gasteiger partial charge in [0.15, 0.2) is 11.5 Å². The highest BCUT2D eigenvalue weighted by Crippen LogP contribution is 2.32. The van der Waals surface area contributed by atoms with Crippen molar-refractivity contribution in [1.82, 2.24) is 4.98 Å². The van der Waals surface area contributed by atoms with Crippen LogP contribution in [0.25, 0.3) is 44.6 Å². The SMILES string of the molecule is COc1cc(/C=C(\C#N)c2nc(-c3cc4c(ccc5ccccc54)oc3=O)cs2)ccc1O. The number of allylic oxidation sites excluding steroid dienone is 1.